The zero-order chi connectivity index (χ0) is 19.4. The number of benzene rings is 1. The Hall–Kier alpha value is -3.62. The molecule has 1 aromatic heterocycles. The highest BCUT2D eigenvalue weighted by Gasteiger charge is 2.25. The minimum absolute atomic E-state index is 0.00723. The van der Waals surface area contributed by atoms with Crippen molar-refractivity contribution in [1.29, 1.82) is 0 Å². The third kappa shape index (κ3) is 4.14. The summed E-state index contributed by atoms with van der Waals surface area (Å²) in [4.78, 5) is 22.2. The number of carbonyl (C=O) groups is 1. The monoisotopic (exact) mass is 371 g/mol. The molecule has 0 atom stereocenters. The molecule has 0 saturated carbocycles. The molecule has 140 valence electrons. The lowest BCUT2D eigenvalue weighted by molar-refractivity contribution is -0.402. The molecule has 0 aliphatic heterocycles. The van der Waals surface area contributed by atoms with Gasteiger partial charge in [0.2, 0.25) is 0 Å². The summed E-state index contributed by atoms with van der Waals surface area (Å²) in [6, 6.07) is 6.01. The van der Waals surface area contributed by atoms with Gasteiger partial charge in [-0.3, -0.25) is 14.9 Å². The van der Waals surface area contributed by atoms with Crippen molar-refractivity contribution in [3.8, 4) is 11.5 Å². The molecule has 1 heterocycles. The fourth-order valence-electron chi connectivity index (χ4n) is 2.73. The fourth-order valence-corrected chi connectivity index (χ4v) is 2.73. The number of nitrogens with one attached hydrogen (secondary N) is 1. The van der Waals surface area contributed by atoms with E-state index >= 15 is 0 Å². The van der Waals surface area contributed by atoms with Crippen LogP contribution < -0.4 is 10.2 Å². The molecular formula is C18H17N3O6. The molecule has 3 rings (SSSR count). The molecule has 2 N–H and O–H groups in total. The third-order valence-electron chi connectivity index (χ3n) is 4.04. The Morgan fingerprint density at radius 1 is 1.41 bits per heavy atom. The van der Waals surface area contributed by atoms with E-state index in [0.717, 1.165) is 6.42 Å². The Kier molecular flexibility index (Phi) is 5.20. The van der Waals surface area contributed by atoms with E-state index in [2.05, 4.69) is 10.5 Å². The van der Waals surface area contributed by atoms with Crippen LogP contribution in [0.25, 0.3) is 6.08 Å². The topological polar surface area (TPSA) is 127 Å². The number of ether oxygens (including phenoxy) is 1. The van der Waals surface area contributed by atoms with E-state index in [4.69, 9.17) is 9.15 Å². The number of phenols is 1. The Labute approximate surface area is 154 Å². The van der Waals surface area contributed by atoms with Gasteiger partial charge >= 0.3 is 5.88 Å². The fraction of sp³-hybridized carbons (Fsp3) is 0.222. The van der Waals surface area contributed by atoms with Crippen LogP contribution in [0.4, 0.5) is 5.88 Å². The van der Waals surface area contributed by atoms with Gasteiger partial charge in [-0.05, 0) is 36.6 Å². The minimum Gasteiger partial charge on any atom is -0.504 e. The summed E-state index contributed by atoms with van der Waals surface area (Å²) in [5.41, 5.74) is 4.18. The number of aromatic hydroxyl groups is 1. The maximum absolute atomic E-state index is 12.0. The van der Waals surface area contributed by atoms with Gasteiger partial charge in [0.1, 0.15) is 10.7 Å². The Morgan fingerprint density at radius 3 is 2.96 bits per heavy atom. The SMILES string of the molecule is COc1cc(/C=C/C(=O)N/N=C2\CCCc3oc([N+](=O)[O-])cc32)ccc1O. The number of fused-ring (bicyclic) bond motifs is 1. The molecule has 1 amide bonds. The van der Waals surface area contributed by atoms with Crippen molar-refractivity contribution in [2.75, 3.05) is 7.11 Å². The first kappa shape index (κ1) is 18.2. The van der Waals surface area contributed by atoms with Crippen molar-refractivity contribution >= 4 is 23.6 Å². The van der Waals surface area contributed by atoms with Crippen molar-refractivity contribution in [2.24, 2.45) is 5.10 Å². The molecule has 0 saturated heterocycles. The molecule has 27 heavy (non-hydrogen) atoms. The molecule has 1 aliphatic carbocycles. The maximum atomic E-state index is 12.0. The summed E-state index contributed by atoms with van der Waals surface area (Å²) in [7, 11) is 1.43. The summed E-state index contributed by atoms with van der Waals surface area (Å²) in [5, 5.41) is 24.5. The predicted molar refractivity (Wildman–Crippen MR) is 96.7 cm³/mol. The smallest absolute Gasteiger partial charge is 0.433 e. The molecule has 0 unspecified atom stereocenters. The number of nitrogens with zero attached hydrogens (tertiary/aromatic N) is 2. The number of hydrogen-bond acceptors (Lipinski definition) is 7. The number of furan rings is 1. The Morgan fingerprint density at radius 2 is 2.22 bits per heavy atom. The molecule has 0 bridgehead atoms. The van der Waals surface area contributed by atoms with Crippen LogP contribution in [-0.4, -0.2) is 28.8 Å². The van der Waals surface area contributed by atoms with Gasteiger partial charge in [-0.1, -0.05) is 6.07 Å². The normalized spacial score (nSPS) is 14.9. The van der Waals surface area contributed by atoms with Crippen molar-refractivity contribution in [3.63, 3.8) is 0 Å². The number of hydrazone groups is 1. The number of phenolic OH excluding ortho intramolecular Hbond substituents is 1. The summed E-state index contributed by atoms with van der Waals surface area (Å²) in [6.07, 6.45) is 4.75. The molecule has 1 aliphatic rings. The second-order valence-electron chi connectivity index (χ2n) is 5.83. The number of amides is 1. The van der Waals surface area contributed by atoms with Gasteiger partial charge in [0, 0.05) is 18.1 Å². The average Bonchev–Trinajstić information content (AvgIpc) is 3.11. The predicted octanol–water partition coefficient (Wildman–Crippen LogP) is 2.77. The highest BCUT2D eigenvalue weighted by Crippen LogP contribution is 2.29. The van der Waals surface area contributed by atoms with E-state index in [-0.39, 0.29) is 11.6 Å². The molecule has 9 nitrogen and oxygen atoms in total. The first-order valence-electron chi connectivity index (χ1n) is 8.17. The quantitative estimate of drug-likeness (QED) is 0.473. The summed E-state index contributed by atoms with van der Waals surface area (Å²) in [5.74, 6) is 0.0244. The largest absolute Gasteiger partial charge is 0.504 e. The molecular weight excluding hydrogens is 354 g/mol. The molecule has 0 fully saturated rings. The van der Waals surface area contributed by atoms with E-state index in [1.165, 1.54) is 25.3 Å². The third-order valence-corrected chi connectivity index (χ3v) is 4.04. The number of carbonyl (C=O) groups excluding carboxylic acids is 1. The van der Waals surface area contributed by atoms with E-state index in [9.17, 15) is 20.0 Å². The van der Waals surface area contributed by atoms with E-state index < -0.39 is 10.8 Å². The van der Waals surface area contributed by atoms with Gasteiger partial charge < -0.3 is 14.3 Å². The van der Waals surface area contributed by atoms with Gasteiger partial charge in [-0.25, -0.2) is 5.43 Å². The highest BCUT2D eigenvalue weighted by molar-refractivity contribution is 6.03. The van der Waals surface area contributed by atoms with Crippen LogP contribution in [-0.2, 0) is 11.2 Å². The molecule has 1 aromatic carbocycles. The standard InChI is InChI=1S/C18H17N3O6/c1-26-16-9-11(5-7-14(16)22)6-8-17(23)20-19-13-3-2-4-15-12(13)10-18(27-15)21(24)25/h5-10,22H,2-4H2,1H3,(H,20,23)/b8-6+,19-13+. The summed E-state index contributed by atoms with van der Waals surface area (Å²) < 4.78 is 10.2. The molecule has 0 spiro atoms. The zero-order valence-corrected chi connectivity index (χ0v) is 14.5. The molecule has 0 radical (unpaired) electrons. The van der Waals surface area contributed by atoms with Crippen molar-refractivity contribution in [1.82, 2.24) is 5.43 Å². The second kappa shape index (κ2) is 7.73. The van der Waals surface area contributed by atoms with Crippen LogP contribution in [0.2, 0.25) is 0 Å². The van der Waals surface area contributed by atoms with Crippen LogP contribution in [0, 0.1) is 10.1 Å². The van der Waals surface area contributed by atoms with Crippen LogP contribution in [0.1, 0.15) is 29.7 Å². The summed E-state index contributed by atoms with van der Waals surface area (Å²) in [6.45, 7) is 0. The number of aryl methyl sites for hydroxylation is 1. The van der Waals surface area contributed by atoms with Crippen LogP contribution >= 0.6 is 0 Å². The highest BCUT2D eigenvalue weighted by atomic mass is 16.6. The van der Waals surface area contributed by atoms with Crippen LogP contribution in [0.5, 0.6) is 11.5 Å². The van der Waals surface area contributed by atoms with Crippen molar-refractivity contribution < 1.29 is 24.0 Å². The van der Waals surface area contributed by atoms with Gasteiger partial charge in [0.15, 0.2) is 11.5 Å². The molecule has 2 aromatic rings. The average molecular weight is 371 g/mol. The van der Waals surface area contributed by atoms with E-state index in [1.54, 1.807) is 18.2 Å². The number of hydrogen-bond donors (Lipinski definition) is 2. The van der Waals surface area contributed by atoms with E-state index in [0.29, 0.717) is 41.2 Å². The van der Waals surface area contributed by atoms with Crippen molar-refractivity contribution in [3.05, 3.63) is 57.3 Å². The number of nitro groups is 1. The minimum atomic E-state index is -0.594. The number of rotatable bonds is 5. The first-order valence-corrected chi connectivity index (χ1v) is 8.17. The lowest BCUT2D eigenvalue weighted by Crippen LogP contribution is -2.19. The van der Waals surface area contributed by atoms with Crippen LogP contribution in [0.15, 0.2) is 39.9 Å². The Balaban J connectivity index is 1.70. The van der Waals surface area contributed by atoms with Gasteiger partial charge in [-0.15, -0.1) is 0 Å². The zero-order valence-electron chi connectivity index (χ0n) is 14.5. The number of methoxy groups -OCH3 is 1. The second-order valence-corrected chi connectivity index (χ2v) is 5.83. The van der Waals surface area contributed by atoms with Gasteiger partial charge in [-0.2, -0.15) is 5.10 Å². The first-order chi connectivity index (χ1) is 13.0. The molecule has 9 heteroatoms. The lowest BCUT2D eigenvalue weighted by atomic mass is 9.97. The van der Waals surface area contributed by atoms with Crippen molar-refractivity contribution in [2.45, 2.75) is 19.3 Å². The maximum Gasteiger partial charge on any atom is 0.433 e. The van der Waals surface area contributed by atoms with Gasteiger partial charge in [0.05, 0.1) is 18.9 Å². The van der Waals surface area contributed by atoms with Gasteiger partial charge in [0.25, 0.3) is 5.91 Å². The summed E-state index contributed by atoms with van der Waals surface area (Å²) >= 11 is 0. The Bertz CT molecular complexity index is 945. The lowest BCUT2D eigenvalue weighted by Gasteiger charge is -2.11. The van der Waals surface area contributed by atoms with E-state index in [1.807, 2.05) is 0 Å². The van der Waals surface area contributed by atoms with Crippen LogP contribution in [0.3, 0.4) is 0 Å².